The van der Waals surface area contributed by atoms with Gasteiger partial charge in [0.25, 0.3) is 0 Å². The molecule has 4 rings (SSSR count). The van der Waals surface area contributed by atoms with Gasteiger partial charge in [0.1, 0.15) is 5.82 Å². The highest BCUT2D eigenvalue weighted by Gasteiger charge is 2.32. The standard InChI is InChI=1S/C16H21N5O/c17-14-12-4-5-13(18-15(12)20-19-14)10-6-8-21(9-7-10)16(22)11-2-1-3-11/h4-5,10-11H,1-3,6-9H2,(H3,17,18,19,20). The van der Waals surface area contributed by atoms with Crippen molar-refractivity contribution in [3.63, 3.8) is 0 Å². The lowest BCUT2D eigenvalue weighted by atomic mass is 9.83. The first-order chi connectivity index (χ1) is 10.7. The summed E-state index contributed by atoms with van der Waals surface area (Å²) in [7, 11) is 0. The second kappa shape index (κ2) is 5.26. The zero-order chi connectivity index (χ0) is 15.1. The SMILES string of the molecule is Nc1[nH]nc2nc(C3CCN(C(=O)C4CCC4)CC3)ccc12. The van der Waals surface area contributed by atoms with Crippen LogP contribution in [0.25, 0.3) is 11.0 Å². The van der Waals surface area contributed by atoms with Gasteiger partial charge < -0.3 is 10.6 Å². The van der Waals surface area contributed by atoms with Crippen LogP contribution >= 0.6 is 0 Å². The number of nitrogens with one attached hydrogen (secondary N) is 1. The number of nitrogens with two attached hydrogens (primary N) is 1. The number of aromatic nitrogens is 3. The maximum absolute atomic E-state index is 12.3. The largest absolute Gasteiger partial charge is 0.384 e. The Hall–Kier alpha value is -2.11. The normalized spacial score (nSPS) is 20.3. The van der Waals surface area contributed by atoms with Crippen molar-refractivity contribution in [1.82, 2.24) is 20.1 Å². The number of carbonyl (C=O) groups is 1. The summed E-state index contributed by atoms with van der Waals surface area (Å²) in [6.45, 7) is 1.70. The number of nitrogen functional groups attached to an aromatic ring is 1. The third-order valence-corrected chi connectivity index (χ3v) is 5.15. The van der Waals surface area contributed by atoms with Crippen molar-refractivity contribution in [2.45, 2.75) is 38.0 Å². The number of pyridine rings is 1. The Balaban J connectivity index is 1.44. The van der Waals surface area contributed by atoms with Crippen LogP contribution in [-0.2, 0) is 4.79 Å². The Morgan fingerprint density at radius 2 is 2.00 bits per heavy atom. The van der Waals surface area contributed by atoms with Crippen molar-refractivity contribution in [2.75, 3.05) is 18.8 Å². The Labute approximate surface area is 129 Å². The molecule has 0 bridgehead atoms. The Morgan fingerprint density at radius 1 is 1.23 bits per heavy atom. The third-order valence-electron chi connectivity index (χ3n) is 5.15. The molecule has 1 aliphatic carbocycles. The highest BCUT2D eigenvalue weighted by Crippen LogP contribution is 2.32. The third kappa shape index (κ3) is 2.23. The van der Waals surface area contributed by atoms with E-state index in [1.54, 1.807) is 0 Å². The lowest BCUT2D eigenvalue weighted by molar-refractivity contribution is -0.139. The van der Waals surface area contributed by atoms with E-state index in [2.05, 4.69) is 15.2 Å². The number of carbonyl (C=O) groups excluding carboxylic acids is 1. The Kier molecular flexibility index (Phi) is 3.24. The van der Waals surface area contributed by atoms with E-state index in [1.807, 2.05) is 17.0 Å². The molecule has 6 nitrogen and oxygen atoms in total. The number of anilines is 1. The maximum Gasteiger partial charge on any atom is 0.225 e. The lowest BCUT2D eigenvalue weighted by Crippen LogP contribution is -2.43. The minimum atomic E-state index is 0.304. The van der Waals surface area contributed by atoms with Gasteiger partial charge in [-0.15, -0.1) is 0 Å². The van der Waals surface area contributed by atoms with Crippen LogP contribution in [0.4, 0.5) is 5.82 Å². The summed E-state index contributed by atoms with van der Waals surface area (Å²) in [5.41, 5.74) is 7.55. The summed E-state index contributed by atoms with van der Waals surface area (Å²) in [6, 6.07) is 4.03. The highest BCUT2D eigenvalue weighted by atomic mass is 16.2. The maximum atomic E-state index is 12.3. The predicted molar refractivity (Wildman–Crippen MR) is 84.2 cm³/mol. The molecule has 1 aliphatic heterocycles. The number of likely N-dealkylation sites (tertiary alicyclic amines) is 1. The quantitative estimate of drug-likeness (QED) is 0.888. The summed E-state index contributed by atoms with van der Waals surface area (Å²) >= 11 is 0. The van der Waals surface area contributed by atoms with Gasteiger partial charge in [0.2, 0.25) is 5.91 Å². The number of piperidine rings is 1. The van der Waals surface area contributed by atoms with Crippen LogP contribution in [0.1, 0.15) is 43.7 Å². The molecule has 116 valence electrons. The minimum Gasteiger partial charge on any atom is -0.384 e. The fraction of sp³-hybridized carbons (Fsp3) is 0.562. The van der Waals surface area contributed by atoms with E-state index in [0.717, 1.165) is 49.9 Å². The van der Waals surface area contributed by atoms with Gasteiger partial charge in [0, 0.05) is 30.6 Å². The fourth-order valence-corrected chi connectivity index (χ4v) is 3.47. The van der Waals surface area contributed by atoms with Crippen molar-refractivity contribution >= 4 is 22.8 Å². The van der Waals surface area contributed by atoms with Gasteiger partial charge in [0.15, 0.2) is 5.65 Å². The second-order valence-electron chi connectivity index (χ2n) is 6.47. The molecule has 1 amide bonds. The smallest absolute Gasteiger partial charge is 0.225 e. The summed E-state index contributed by atoms with van der Waals surface area (Å²) in [5.74, 6) is 1.65. The van der Waals surface area contributed by atoms with Crippen LogP contribution in [0.5, 0.6) is 0 Å². The number of hydrogen-bond donors (Lipinski definition) is 2. The molecule has 2 aromatic heterocycles. The summed E-state index contributed by atoms with van der Waals surface area (Å²) in [6.07, 6.45) is 5.34. The molecule has 22 heavy (non-hydrogen) atoms. The fourth-order valence-electron chi connectivity index (χ4n) is 3.47. The minimum absolute atomic E-state index is 0.304. The average molecular weight is 299 g/mol. The zero-order valence-electron chi connectivity index (χ0n) is 12.6. The van der Waals surface area contributed by atoms with Crippen molar-refractivity contribution in [3.05, 3.63) is 17.8 Å². The van der Waals surface area contributed by atoms with E-state index < -0.39 is 0 Å². The molecule has 2 fully saturated rings. The van der Waals surface area contributed by atoms with Crippen LogP contribution in [0.2, 0.25) is 0 Å². The number of nitrogens with zero attached hydrogens (tertiary/aromatic N) is 3. The van der Waals surface area contributed by atoms with Crippen LogP contribution in [0.3, 0.4) is 0 Å². The Morgan fingerprint density at radius 3 is 2.68 bits per heavy atom. The number of H-pyrrole nitrogens is 1. The first-order valence-electron chi connectivity index (χ1n) is 8.11. The number of amides is 1. The monoisotopic (exact) mass is 299 g/mol. The van der Waals surface area contributed by atoms with Gasteiger partial charge in [0.05, 0.1) is 5.39 Å². The number of aromatic amines is 1. The molecule has 3 N–H and O–H groups in total. The van der Waals surface area contributed by atoms with Crippen molar-refractivity contribution in [3.8, 4) is 0 Å². The van der Waals surface area contributed by atoms with Crippen molar-refractivity contribution < 1.29 is 4.79 Å². The van der Waals surface area contributed by atoms with E-state index in [9.17, 15) is 4.79 Å². The molecule has 1 saturated heterocycles. The van der Waals surface area contributed by atoms with E-state index >= 15 is 0 Å². The molecular weight excluding hydrogens is 278 g/mol. The first kappa shape index (κ1) is 13.5. The van der Waals surface area contributed by atoms with E-state index in [-0.39, 0.29) is 0 Å². The van der Waals surface area contributed by atoms with E-state index in [1.165, 1.54) is 6.42 Å². The van der Waals surface area contributed by atoms with Crippen LogP contribution in [-0.4, -0.2) is 39.1 Å². The molecule has 2 aromatic rings. The van der Waals surface area contributed by atoms with Crippen LogP contribution < -0.4 is 5.73 Å². The number of hydrogen-bond acceptors (Lipinski definition) is 4. The average Bonchev–Trinajstić information content (AvgIpc) is 2.86. The van der Waals surface area contributed by atoms with Crippen LogP contribution in [0, 0.1) is 5.92 Å². The van der Waals surface area contributed by atoms with Gasteiger partial charge in [-0.1, -0.05) is 6.42 Å². The molecule has 0 radical (unpaired) electrons. The van der Waals surface area contributed by atoms with Gasteiger partial charge in [-0.3, -0.25) is 9.89 Å². The van der Waals surface area contributed by atoms with Gasteiger partial charge in [-0.25, -0.2) is 4.98 Å². The summed E-state index contributed by atoms with van der Waals surface area (Å²) < 4.78 is 0. The van der Waals surface area contributed by atoms with Gasteiger partial charge >= 0.3 is 0 Å². The molecule has 6 heteroatoms. The Bertz CT molecular complexity index is 698. The molecule has 3 heterocycles. The van der Waals surface area contributed by atoms with Crippen LogP contribution in [0.15, 0.2) is 12.1 Å². The molecule has 0 spiro atoms. The highest BCUT2D eigenvalue weighted by molar-refractivity contribution is 5.85. The first-order valence-corrected chi connectivity index (χ1v) is 8.11. The summed E-state index contributed by atoms with van der Waals surface area (Å²) in [5, 5.41) is 7.78. The molecule has 2 aliphatic rings. The number of rotatable bonds is 2. The number of fused-ring (bicyclic) bond motifs is 1. The molecular formula is C16H21N5O. The second-order valence-corrected chi connectivity index (χ2v) is 6.47. The van der Waals surface area contributed by atoms with Gasteiger partial charge in [-0.05, 0) is 37.8 Å². The van der Waals surface area contributed by atoms with Crippen molar-refractivity contribution in [2.24, 2.45) is 5.92 Å². The molecule has 0 aromatic carbocycles. The molecule has 1 saturated carbocycles. The van der Waals surface area contributed by atoms with E-state index in [0.29, 0.717) is 29.2 Å². The predicted octanol–water partition coefficient (Wildman–Crippen LogP) is 2.05. The molecule has 0 atom stereocenters. The lowest BCUT2D eigenvalue weighted by Gasteiger charge is -2.36. The topological polar surface area (TPSA) is 87.9 Å². The summed E-state index contributed by atoms with van der Waals surface area (Å²) in [4.78, 5) is 19.0. The van der Waals surface area contributed by atoms with Crippen molar-refractivity contribution in [1.29, 1.82) is 0 Å². The van der Waals surface area contributed by atoms with Gasteiger partial charge in [-0.2, -0.15) is 5.10 Å². The zero-order valence-corrected chi connectivity index (χ0v) is 12.6. The molecule has 0 unspecified atom stereocenters. The van der Waals surface area contributed by atoms with E-state index in [4.69, 9.17) is 5.73 Å².